The van der Waals surface area contributed by atoms with E-state index >= 15 is 0 Å². The Bertz CT molecular complexity index is 1470. The molecule has 37 heavy (non-hydrogen) atoms. The number of rotatable bonds is 4. The molecule has 1 saturated heterocycles. The number of likely N-dealkylation sites (tertiary alicyclic amines) is 1. The number of alkyl halides is 3. The number of hydrogen-bond donors (Lipinski definition) is 2. The van der Waals surface area contributed by atoms with Crippen molar-refractivity contribution in [3.8, 4) is 11.5 Å². The average Bonchev–Trinajstić information content (AvgIpc) is 3.42. The number of carbonyl (C=O) groups excluding carboxylic acids is 1. The molecule has 0 bridgehead atoms. The van der Waals surface area contributed by atoms with Gasteiger partial charge in [0.25, 0.3) is 5.91 Å². The Hall–Kier alpha value is -3.57. The van der Waals surface area contributed by atoms with Gasteiger partial charge in [0, 0.05) is 41.8 Å². The molecule has 5 rings (SSSR count). The molecule has 11 heteroatoms. The molecule has 2 atom stereocenters. The van der Waals surface area contributed by atoms with Gasteiger partial charge < -0.3 is 11.1 Å². The first kappa shape index (κ1) is 25.1. The fourth-order valence-electron chi connectivity index (χ4n) is 4.70. The zero-order valence-electron chi connectivity index (χ0n) is 20.8. The van der Waals surface area contributed by atoms with Gasteiger partial charge in [0.1, 0.15) is 11.7 Å². The molecule has 0 saturated carbocycles. The fourth-order valence-corrected chi connectivity index (χ4v) is 4.70. The molecular weight excluding hydrogens is 483 g/mol. The number of carbonyl (C=O) groups is 1. The third-order valence-corrected chi connectivity index (χ3v) is 6.34. The Balaban J connectivity index is 1.54. The van der Waals surface area contributed by atoms with Crippen LogP contribution in [0.3, 0.4) is 0 Å². The summed E-state index contributed by atoms with van der Waals surface area (Å²) in [5, 5.41) is 12.1. The van der Waals surface area contributed by atoms with Crippen molar-refractivity contribution < 1.29 is 18.0 Å². The van der Waals surface area contributed by atoms with E-state index in [-0.39, 0.29) is 30.6 Å². The lowest BCUT2D eigenvalue weighted by atomic mass is 10.1. The number of halogens is 3. The van der Waals surface area contributed by atoms with Crippen LogP contribution in [0.25, 0.3) is 28.1 Å². The number of fused-ring (bicyclic) bond motifs is 2. The van der Waals surface area contributed by atoms with E-state index in [1.54, 1.807) is 24.3 Å². The molecule has 4 heterocycles. The fraction of sp³-hybridized carbons (Fsp3) is 0.385. The Morgan fingerprint density at radius 2 is 1.86 bits per heavy atom. The Labute approximate surface area is 211 Å². The molecule has 8 nitrogen and oxygen atoms in total. The first-order valence-electron chi connectivity index (χ1n) is 12.0. The molecule has 1 amide bonds. The summed E-state index contributed by atoms with van der Waals surface area (Å²) in [6.07, 6.45) is -2.54. The van der Waals surface area contributed by atoms with E-state index in [1.165, 1.54) is 27.6 Å². The van der Waals surface area contributed by atoms with Gasteiger partial charge >= 0.3 is 6.18 Å². The van der Waals surface area contributed by atoms with Crippen LogP contribution in [0.1, 0.15) is 49.2 Å². The summed E-state index contributed by atoms with van der Waals surface area (Å²) in [4.78, 5) is 18.7. The van der Waals surface area contributed by atoms with Crippen LogP contribution in [-0.4, -0.2) is 61.2 Å². The smallest absolute Gasteiger partial charge is 0.347 e. The maximum Gasteiger partial charge on any atom is 0.408 e. The molecule has 0 spiro atoms. The maximum atomic E-state index is 14.1. The van der Waals surface area contributed by atoms with Gasteiger partial charge in [-0.25, -0.2) is 4.98 Å². The number of hydrogen-bond acceptors (Lipinski definition) is 6. The first-order valence-corrected chi connectivity index (χ1v) is 12.0. The largest absolute Gasteiger partial charge is 0.408 e. The van der Waals surface area contributed by atoms with Crippen molar-refractivity contribution in [3.63, 3.8) is 0 Å². The minimum atomic E-state index is -4.48. The van der Waals surface area contributed by atoms with Crippen LogP contribution in [0.5, 0.6) is 0 Å². The van der Waals surface area contributed by atoms with Crippen molar-refractivity contribution in [2.24, 2.45) is 5.73 Å². The van der Waals surface area contributed by atoms with Crippen LogP contribution in [0.2, 0.25) is 0 Å². The molecule has 1 fully saturated rings. The SMILES string of the molecule is CC(C)(C)NC(=O)c1ccc2ccc(-c3nnc4ccc(C(N5CCC(N)C5)C(F)(F)F)cn34)nc2c1. The summed E-state index contributed by atoms with van der Waals surface area (Å²) in [7, 11) is 0. The van der Waals surface area contributed by atoms with Gasteiger partial charge in [-0.3, -0.25) is 14.1 Å². The van der Waals surface area contributed by atoms with Gasteiger partial charge in [0.2, 0.25) is 0 Å². The van der Waals surface area contributed by atoms with Crippen LogP contribution >= 0.6 is 0 Å². The second-order valence-electron chi connectivity index (χ2n) is 10.5. The minimum absolute atomic E-state index is 0.0806. The molecule has 0 radical (unpaired) electrons. The molecule has 1 aromatic carbocycles. The minimum Gasteiger partial charge on any atom is -0.347 e. The number of nitrogens with two attached hydrogens (primary N) is 1. The number of pyridine rings is 2. The third-order valence-electron chi connectivity index (χ3n) is 6.34. The second kappa shape index (κ2) is 9.07. The van der Waals surface area contributed by atoms with Crippen molar-refractivity contribution in [1.82, 2.24) is 29.8 Å². The van der Waals surface area contributed by atoms with Crippen molar-refractivity contribution in [3.05, 3.63) is 59.8 Å². The zero-order chi connectivity index (χ0) is 26.5. The molecule has 1 aliphatic heterocycles. The maximum absolute atomic E-state index is 14.1. The number of aromatic nitrogens is 4. The van der Waals surface area contributed by atoms with Gasteiger partial charge in [-0.15, -0.1) is 10.2 Å². The van der Waals surface area contributed by atoms with E-state index < -0.39 is 17.8 Å². The van der Waals surface area contributed by atoms with Crippen molar-refractivity contribution >= 4 is 22.5 Å². The molecule has 0 aliphatic carbocycles. The van der Waals surface area contributed by atoms with Crippen LogP contribution in [0.15, 0.2) is 48.7 Å². The van der Waals surface area contributed by atoms with Crippen LogP contribution in [-0.2, 0) is 0 Å². The van der Waals surface area contributed by atoms with Crippen LogP contribution in [0, 0.1) is 0 Å². The number of benzene rings is 1. The predicted molar refractivity (Wildman–Crippen MR) is 134 cm³/mol. The average molecular weight is 512 g/mol. The monoisotopic (exact) mass is 511 g/mol. The Kier molecular flexibility index (Phi) is 6.15. The van der Waals surface area contributed by atoms with Crippen LogP contribution < -0.4 is 11.1 Å². The Morgan fingerprint density at radius 1 is 1.11 bits per heavy atom. The summed E-state index contributed by atoms with van der Waals surface area (Å²) < 4.78 is 44.0. The van der Waals surface area contributed by atoms with E-state index in [0.717, 1.165) is 5.39 Å². The normalized spacial score (nSPS) is 18.0. The summed E-state index contributed by atoms with van der Waals surface area (Å²) in [5.74, 6) is 0.0846. The predicted octanol–water partition coefficient (Wildman–Crippen LogP) is 4.11. The van der Waals surface area contributed by atoms with E-state index in [1.807, 2.05) is 26.8 Å². The lowest BCUT2D eigenvalue weighted by molar-refractivity contribution is -0.183. The van der Waals surface area contributed by atoms with Gasteiger partial charge in [0.15, 0.2) is 11.5 Å². The summed E-state index contributed by atoms with van der Waals surface area (Å²) in [6.45, 7) is 6.14. The van der Waals surface area contributed by atoms with E-state index in [9.17, 15) is 18.0 Å². The topological polar surface area (TPSA) is 101 Å². The van der Waals surface area contributed by atoms with Crippen LogP contribution in [0.4, 0.5) is 13.2 Å². The van der Waals surface area contributed by atoms with Gasteiger partial charge in [-0.2, -0.15) is 13.2 Å². The molecule has 2 unspecified atom stereocenters. The highest BCUT2D eigenvalue weighted by Crippen LogP contribution is 2.39. The quantitative estimate of drug-likeness (QED) is 0.428. The molecule has 4 aromatic rings. The number of amides is 1. The van der Waals surface area contributed by atoms with Gasteiger partial charge in [-0.05, 0) is 57.0 Å². The zero-order valence-corrected chi connectivity index (χ0v) is 20.8. The highest BCUT2D eigenvalue weighted by Gasteiger charge is 2.46. The lowest BCUT2D eigenvalue weighted by Crippen LogP contribution is -2.40. The third kappa shape index (κ3) is 5.14. The summed E-state index contributed by atoms with van der Waals surface area (Å²) in [5.41, 5.74) is 7.43. The summed E-state index contributed by atoms with van der Waals surface area (Å²) >= 11 is 0. The summed E-state index contributed by atoms with van der Waals surface area (Å²) in [6, 6.07) is 9.68. The number of nitrogens with one attached hydrogen (secondary N) is 1. The van der Waals surface area contributed by atoms with E-state index in [0.29, 0.717) is 34.7 Å². The molecule has 3 N–H and O–H groups in total. The van der Waals surface area contributed by atoms with Crippen molar-refractivity contribution in [1.29, 1.82) is 0 Å². The Morgan fingerprint density at radius 3 is 2.54 bits per heavy atom. The molecule has 3 aromatic heterocycles. The van der Waals surface area contributed by atoms with Crippen molar-refractivity contribution in [2.45, 2.75) is 51.0 Å². The second-order valence-corrected chi connectivity index (χ2v) is 10.5. The van der Waals surface area contributed by atoms with Crippen molar-refractivity contribution in [2.75, 3.05) is 13.1 Å². The number of nitrogens with zero attached hydrogens (tertiary/aromatic N) is 5. The van der Waals surface area contributed by atoms with Gasteiger partial charge in [0.05, 0.1) is 5.52 Å². The first-order chi connectivity index (χ1) is 17.4. The van der Waals surface area contributed by atoms with E-state index in [2.05, 4.69) is 20.5 Å². The lowest BCUT2D eigenvalue weighted by Gasteiger charge is -2.30. The molecular formula is C26H28F3N7O. The van der Waals surface area contributed by atoms with E-state index in [4.69, 9.17) is 5.73 Å². The molecule has 194 valence electrons. The van der Waals surface area contributed by atoms with Gasteiger partial charge in [-0.1, -0.05) is 18.2 Å². The highest BCUT2D eigenvalue weighted by molar-refractivity contribution is 5.98. The standard InChI is InChI=1S/C26H28F3N7O/c1-25(2,3)32-24(37)16-5-4-15-6-8-19(31-20(15)12-16)23-34-33-21-9-7-17(13-36(21)23)22(26(27,28)29)35-11-10-18(30)14-35/h4-9,12-13,18,22H,10-11,14,30H2,1-3H3,(H,32,37). The highest BCUT2D eigenvalue weighted by atomic mass is 19.4. The molecule has 1 aliphatic rings.